The topological polar surface area (TPSA) is 64.1 Å². The third-order valence-electron chi connectivity index (χ3n) is 3.44. The Morgan fingerprint density at radius 2 is 1.93 bits per heavy atom. The highest BCUT2D eigenvalue weighted by molar-refractivity contribution is 7.19. The van der Waals surface area contributed by atoms with Gasteiger partial charge in [0.2, 0.25) is 5.88 Å². The lowest BCUT2D eigenvalue weighted by Gasteiger charge is -2.08. The number of carbonyl (C=O) groups excluding carboxylic acids is 1. The molecule has 0 saturated heterocycles. The zero-order valence-corrected chi connectivity index (χ0v) is 14.9. The number of nitrogens with zero attached hydrogens (tertiary/aromatic N) is 2. The van der Waals surface area contributed by atoms with Gasteiger partial charge in [-0.3, -0.25) is 10.1 Å². The maximum Gasteiger partial charge on any atom is 0.422 e. The van der Waals surface area contributed by atoms with E-state index in [9.17, 15) is 18.0 Å². The molecule has 3 rings (SSSR count). The van der Waals surface area contributed by atoms with Gasteiger partial charge in [-0.1, -0.05) is 41.7 Å². The summed E-state index contributed by atoms with van der Waals surface area (Å²) in [7, 11) is 0. The fourth-order valence-electron chi connectivity index (χ4n) is 2.23. The molecular weight excluding hydrogens is 379 g/mol. The third kappa shape index (κ3) is 5.04. The van der Waals surface area contributed by atoms with E-state index in [1.165, 1.54) is 23.5 Å². The molecule has 0 aliphatic rings. The van der Waals surface area contributed by atoms with E-state index in [2.05, 4.69) is 20.0 Å². The molecule has 27 heavy (non-hydrogen) atoms. The van der Waals surface area contributed by atoms with Crippen molar-refractivity contribution in [3.05, 3.63) is 59.9 Å². The maximum absolute atomic E-state index is 12.3. The largest absolute Gasteiger partial charge is 0.468 e. The Balaban J connectivity index is 1.67. The molecule has 0 aliphatic carbocycles. The molecule has 2 aromatic heterocycles. The summed E-state index contributed by atoms with van der Waals surface area (Å²) < 4.78 is 40.9. The van der Waals surface area contributed by atoms with Gasteiger partial charge in [-0.25, -0.2) is 9.97 Å². The summed E-state index contributed by atoms with van der Waals surface area (Å²) in [5, 5.41) is 3.10. The number of pyridine rings is 1. The lowest BCUT2D eigenvalue weighted by Crippen LogP contribution is -2.19. The Kier molecular flexibility index (Phi) is 5.41. The summed E-state index contributed by atoms with van der Waals surface area (Å²) in [6, 6.07) is 12.2. The first kappa shape index (κ1) is 18.8. The minimum Gasteiger partial charge on any atom is -0.468 e. The lowest BCUT2D eigenvalue weighted by molar-refractivity contribution is -0.154. The van der Waals surface area contributed by atoms with Crippen molar-refractivity contribution in [1.29, 1.82) is 0 Å². The average molecular weight is 393 g/mol. The Hall–Kier alpha value is -2.94. The second-order valence-electron chi connectivity index (χ2n) is 5.54. The number of hydrogen-bond donors (Lipinski definition) is 1. The number of alkyl halides is 3. The van der Waals surface area contributed by atoms with Gasteiger partial charge in [0.15, 0.2) is 11.7 Å². The SMILES string of the molecule is Cc1nc(NC(=O)c2ccc(OCC(F)(F)F)nc2)sc1-c1ccccc1. The van der Waals surface area contributed by atoms with Crippen molar-refractivity contribution in [2.45, 2.75) is 13.1 Å². The van der Waals surface area contributed by atoms with E-state index in [4.69, 9.17) is 0 Å². The Labute approximate surface area is 156 Å². The molecule has 1 N–H and O–H groups in total. The van der Waals surface area contributed by atoms with Gasteiger partial charge in [0, 0.05) is 12.3 Å². The number of hydrogen-bond acceptors (Lipinski definition) is 5. The molecule has 0 fully saturated rings. The summed E-state index contributed by atoms with van der Waals surface area (Å²) in [5.74, 6) is -0.668. The van der Waals surface area contributed by atoms with Crippen molar-refractivity contribution < 1.29 is 22.7 Å². The molecule has 140 valence electrons. The van der Waals surface area contributed by atoms with Crippen LogP contribution < -0.4 is 10.1 Å². The first-order valence-electron chi connectivity index (χ1n) is 7.81. The molecular formula is C18H14F3N3O2S. The molecule has 1 amide bonds. The van der Waals surface area contributed by atoms with Crippen LogP contribution in [-0.4, -0.2) is 28.7 Å². The first-order chi connectivity index (χ1) is 12.8. The minimum absolute atomic E-state index is 0.184. The second kappa shape index (κ2) is 7.75. The average Bonchev–Trinajstić information content (AvgIpc) is 3.00. The molecule has 0 atom stereocenters. The van der Waals surface area contributed by atoms with Gasteiger partial charge in [0.1, 0.15) is 0 Å². The van der Waals surface area contributed by atoms with Crippen LogP contribution in [0.5, 0.6) is 5.88 Å². The fourth-order valence-corrected chi connectivity index (χ4v) is 3.20. The van der Waals surface area contributed by atoms with Gasteiger partial charge in [-0.05, 0) is 18.6 Å². The summed E-state index contributed by atoms with van der Waals surface area (Å²) in [6.45, 7) is 0.412. The quantitative estimate of drug-likeness (QED) is 0.682. The molecule has 0 spiro atoms. The predicted octanol–water partition coefficient (Wildman–Crippen LogP) is 4.71. The highest BCUT2D eigenvalue weighted by Gasteiger charge is 2.28. The van der Waals surface area contributed by atoms with E-state index < -0.39 is 18.7 Å². The lowest BCUT2D eigenvalue weighted by atomic mass is 10.2. The van der Waals surface area contributed by atoms with E-state index in [0.29, 0.717) is 5.13 Å². The number of benzene rings is 1. The molecule has 1 aromatic carbocycles. The van der Waals surface area contributed by atoms with Crippen LogP contribution in [0, 0.1) is 6.92 Å². The van der Waals surface area contributed by atoms with Crippen molar-refractivity contribution >= 4 is 22.4 Å². The van der Waals surface area contributed by atoms with Crippen LogP contribution in [0.15, 0.2) is 48.7 Å². The van der Waals surface area contributed by atoms with Gasteiger partial charge in [0.05, 0.1) is 16.1 Å². The normalized spacial score (nSPS) is 11.3. The Morgan fingerprint density at radius 3 is 2.56 bits per heavy atom. The Bertz CT molecular complexity index is 925. The molecule has 5 nitrogen and oxygen atoms in total. The zero-order valence-electron chi connectivity index (χ0n) is 14.1. The summed E-state index contributed by atoms with van der Waals surface area (Å²) in [6.07, 6.45) is -3.30. The van der Waals surface area contributed by atoms with E-state index in [1.807, 2.05) is 37.3 Å². The zero-order chi connectivity index (χ0) is 19.4. The van der Waals surface area contributed by atoms with E-state index in [0.717, 1.165) is 22.3 Å². The van der Waals surface area contributed by atoms with E-state index in [1.54, 1.807) is 0 Å². The van der Waals surface area contributed by atoms with Gasteiger partial charge in [0.25, 0.3) is 5.91 Å². The molecule has 0 bridgehead atoms. The minimum atomic E-state index is -4.45. The fraction of sp³-hybridized carbons (Fsp3) is 0.167. The predicted molar refractivity (Wildman–Crippen MR) is 96.0 cm³/mol. The molecule has 0 aliphatic heterocycles. The van der Waals surface area contributed by atoms with Crippen molar-refractivity contribution in [2.75, 3.05) is 11.9 Å². The number of ether oxygens (including phenoxy) is 1. The number of amides is 1. The number of aromatic nitrogens is 2. The second-order valence-corrected chi connectivity index (χ2v) is 6.54. The monoisotopic (exact) mass is 393 g/mol. The van der Waals surface area contributed by atoms with Gasteiger partial charge < -0.3 is 4.74 Å². The number of aryl methyl sites for hydroxylation is 1. The smallest absolute Gasteiger partial charge is 0.422 e. The highest BCUT2D eigenvalue weighted by atomic mass is 32.1. The molecule has 9 heteroatoms. The third-order valence-corrected chi connectivity index (χ3v) is 4.56. The van der Waals surface area contributed by atoms with Gasteiger partial charge in [-0.2, -0.15) is 13.2 Å². The summed E-state index contributed by atoms with van der Waals surface area (Å²) >= 11 is 1.34. The van der Waals surface area contributed by atoms with Crippen LogP contribution >= 0.6 is 11.3 Å². The van der Waals surface area contributed by atoms with Crippen molar-refractivity contribution in [3.8, 4) is 16.3 Å². The number of nitrogens with one attached hydrogen (secondary N) is 1. The van der Waals surface area contributed by atoms with Crippen molar-refractivity contribution in [2.24, 2.45) is 0 Å². The molecule has 0 saturated carbocycles. The van der Waals surface area contributed by atoms with Crippen molar-refractivity contribution in [1.82, 2.24) is 9.97 Å². The van der Waals surface area contributed by atoms with E-state index >= 15 is 0 Å². The molecule has 3 aromatic rings. The summed E-state index contributed by atoms with van der Waals surface area (Å²) in [5.41, 5.74) is 1.97. The van der Waals surface area contributed by atoms with Gasteiger partial charge >= 0.3 is 6.18 Å². The van der Waals surface area contributed by atoms with Crippen LogP contribution in [0.1, 0.15) is 16.1 Å². The maximum atomic E-state index is 12.3. The van der Waals surface area contributed by atoms with Crippen LogP contribution in [0.4, 0.5) is 18.3 Å². The number of halogens is 3. The van der Waals surface area contributed by atoms with Crippen LogP contribution in [0.3, 0.4) is 0 Å². The number of thiazole rings is 1. The standard InChI is InChI=1S/C18H14F3N3O2S/c1-11-15(12-5-3-2-4-6-12)27-17(23-11)24-16(25)13-7-8-14(22-9-13)26-10-18(19,20)21/h2-9H,10H2,1H3,(H,23,24,25). The van der Waals surface area contributed by atoms with E-state index in [-0.39, 0.29) is 11.4 Å². The van der Waals surface area contributed by atoms with Crippen LogP contribution in [0.25, 0.3) is 10.4 Å². The highest BCUT2D eigenvalue weighted by Crippen LogP contribution is 2.32. The molecule has 0 unspecified atom stereocenters. The molecule has 0 radical (unpaired) electrons. The van der Waals surface area contributed by atoms with Crippen LogP contribution in [-0.2, 0) is 0 Å². The Morgan fingerprint density at radius 1 is 1.19 bits per heavy atom. The van der Waals surface area contributed by atoms with Gasteiger partial charge in [-0.15, -0.1) is 0 Å². The summed E-state index contributed by atoms with van der Waals surface area (Å²) in [4.78, 5) is 21.3. The first-order valence-corrected chi connectivity index (χ1v) is 8.63. The number of anilines is 1. The number of rotatable bonds is 5. The molecule has 2 heterocycles. The van der Waals surface area contributed by atoms with Crippen LogP contribution in [0.2, 0.25) is 0 Å². The number of carbonyl (C=O) groups is 1. The van der Waals surface area contributed by atoms with Crippen molar-refractivity contribution in [3.63, 3.8) is 0 Å².